The van der Waals surface area contributed by atoms with E-state index in [1.165, 1.54) is 32.1 Å². The van der Waals surface area contributed by atoms with E-state index < -0.39 is 0 Å². The van der Waals surface area contributed by atoms with Crippen molar-refractivity contribution in [3.8, 4) is 0 Å². The number of carbonyl (C=O) groups excluding carboxylic acids is 1. The van der Waals surface area contributed by atoms with E-state index in [9.17, 15) is 4.79 Å². The molecule has 1 rings (SSSR count). The topological polar surface area (TPSA) is 41.1 Å². The largest absolute Gasteiger partial charge is 0.355 e. The van der Waals surface area contributed by atoms with E-state index in [4.69, 9.17) is 0 Å². The van der Waals surface area contributed by atoms with Gasteiger partial charge in [0.25, 0.3) is 0 Å². The Bertz CT molecular complexity index is 223. The number of hydrogen-bond donors (Lipinski definition) is 2. The van der Waals surface area contributed by atoms with Crippen LogP contribution in [0.3, 0.4) is 0 Å². The summed E-state index contributed by atoms with van der Waals surface area (Å²) in [6.07, 6.45) is 8.98. The molecule has 0 aromatic heterocycles. The average Bonchev–Trinajstić information content (AvgIpc) is 2.37. The van der Waals surface area contributed by atoms with Crippen LogP contribution in [0.1, 0.15) is 58.8 Å². The van der Waals surface area contributed by atoms with Crippen molar-refractivity contribution in [2.45, 2.75) is 58.8 Å². The molecule has 0 atom stereocenters. The van der Waals surface area contributed by atoms with Gasteiger partial charge in [0.2, 0.25) is 5.91 Å². The van der Waals surface area contributed by atoms with Gasteiger partial charge in [0.1, 0.15) is 0 Å². The minimum absolute atomic E-state index is 0.140. The molecule has 1 aliphatic carbocycles. The summed E-state index contributed by atoms with van der Waals surface area (Å²) in [5, 5.41) is 6.18. The van der Waals surface area contributed by atoms with E-state index in [2.05, 4.69) is 24.5 Å². The zero-order chi connectivity index (χ0) is 13.2. The molecular weight excluding hydrogens is 224 g/mol. The summed E-state index contributed by atoms with van der Waals surface area (Å²) in [6.45, 7) is 6.77. The van der Waals surface area contributed by atoms with Gasteiger partial charge in [0, 0.05) is 6.54 Å². The first-order valence-corrected chi connectivity index (χ1v) is 7.69. The van der Waals surface area contributed by atoms with Crippen LogP contribution in [-0.2, 0) is 4.79 Å². The third-order valence-corrected chi connectivity index (χ3v) is 4.00. The molecule has 0 aromatic rings. The summed E-state index contributed by atoms with van der Waals surface area (Å²) >= 11 is 0. The molecule has 0 heterocycles. The molecule has 0 bridgehead atoms. The van der Waals surface area contributed by atoms with Crippen LogP contribution >= 0.6 is 0 Å². The number of unbranched alkanes of at least 4 members (excludes halogenated alkanes) is 1. The molecule has 0 spiro atoms. The Balaban J connectivity index is 1.93. The van der Waals surface area contributed by atoms with Crippen LogP contribution in [0.4, 0.5) is 0 Å². The number of nitrogens with one attached hydrogen (secondary N) is 2. The molecule has 0 radical (unpaired) electrons. The SMILES string of the molecule is CCCCNC(=O)CNCCC1CCC(C)CC1. The van der Waals surface area contributed by atoms with Gasteiger partial charge in [0.15, 0.2) is 0 Å². The van der Waals surface area contributed by atoms with Gasteiger partial charge >= 0.3 is 0 Å². The standard InChI is InChI=1S/C15H30N2O/c1-3-4-10-17-15(18)12-16-11-9-14-7-5-13(2)6-8-14/h13-14,16H,3-12H2,1-2H3,(H,17,18). The van der Waals surface area contributed by atoms with Crippen molar-refractivity contribution >= 4 is 5.91 Å². The lowest BCUT2D eigenvalue weighted by molar-refractivity contribution is -0.120. The molecule has 106 valence electrons. The predicted molar refractivity (Wildman–Crippen MR) is 76.5 cm³/mol. The molecular formula is C15H30N2O. The lowest BCUT2D eigenvalue weighted by Gasteiger charge is -2.26. The van der Waals surface area contributed by atoms with E-state index >= 15 is 0 Å². The fourth-order valence-corrected chi connectivity index (χ4v) is 2.59. The smallest absolute Gasteiger partial charge is 0.233 e. The summed E-state index contributed by atoms with van der Waals surface area (Å²) in [5.41, 5.74) is 0. The van der Waals surface area contributed by atoms with E-state index in [0.29, 0.717) is 6.54 Å². The lowest BCUT2D eigenvalue weighted by atomic mass is 9.81. The summed E-state index contributed by atoms with van der Waals surface area (Å²) in [5.74, 6) is 1.95. The molecule has 0 saturated heterocycles. The Morgan fingerprint density at radius 3 is 2.56 bits per heavy atom. The van der Waals surface area contributed by atoms with Crippen LogP contribution < -0.4 is 10.6 Å². The molecule has 1 aliphatic rings. The Morgan fingerprint density at radius 2 is 1.89 bits per heavy atom. The maximum Gasteiger partial charge on any atom is 0.233 e. The van der Waals surface area contributed by atoms with Crippen LogP contribution in [0.2, 0.25) is 0 Å². The maximum absolute atomic E-state index is 11.4. The summed E-state index contributed by atoms with van der Waals surface area (Å²) < 4.78 is 0. The monoisotopic (exact) mass is 254 g/mol. The van der Waals surface area contributed by atoms with Crippen molar-refractivity contribution in [1.29, 1.82) is 0 Å². The summed E-state index contributed by atoms with van der Waals surface area (Å²) in [4.78, 5) is 11.4. The summed E-state index contributed by atoms with van der Waals surface area (Å²) in [7, 11) is 0. The molecule has 0 aromatic carbocycles. The second-order valence-electron chi connectivity index (χ2n) is 5.79. The van der Waals surface area contributed by atoms with Gasteiger partial charge in [-0.2, -0.15) is 0 Å². The normalized spacial score (nSPS) is 23.9. The van der Waals surface area contributed by atoms with Crippen LogP contribution in [-0.4, -0.2) is 25.5 Å². The average molecular weight is 254 g/mol. The van der Waals surface area contributed by atoms with E-state index in [0.717, 1.165) is 37.8 Å². The van der Waals surface area contributed by atoms with E-state index in [-0.39, 0.29) is 5.91 Å². The number of hydrogen-bond acceptors (Lipinski definition) is 2. The highest BCUT2D eigenvalue weighted by molar-refractivity contribution is 5.77. The van der Waals surface area contributed by atoms with Gasteiger partial charge in [-0.05, 0) is 31.2 Å². The highest BCUT2D eigenvalue weighted by atomic mass is 16.1. The van der Waals surface area contributed by atoms with Gasteiger partial charge in [-0.1, -0.05) is 46.0 Å². The Kier molecular flexibility index (Phi) is 8.06. The molecule has 2 N–H and O–H groups in total. The molecule has 1 amide bonds. The van der Waals surface area contributed by atoms with Gasteiger partial charge in [-0.15, -0.1) is 0 Å². The minimum Gasteiger partial charge on any atom is -0.355 e. The van der Waals surface area contributed by atoms with Gasteiger partial charge in [-0.25, -0.2) is 0 Å². The molecule has 3 heteroatoms. The number of carbonyl (C=O) groups is 1. The minimum atomic E-state index is 0.140. The van der Waals surface area contributed by atoms with Crippen LogP contribution in [0, 0.1) is 11.8 Å². The van der Waals surface area contributed by atoms with Gasteiger partial charge in [0.05, 0.1) is 6.54 Å². The number of rotatable bonds is 8. The Labute approximate surface area is 112 Å². The van der Waals surface area contributed by atoms with Crippen molar-refractivity contribution in [3.63, 3.8) is 0 Å². The first-order chi connectivity index (χ1) is 8.72. The quantitative estimate of drug-likeness (QED) is 0.654. The third-order valence-electron chi connectivity index (χ3n) is 4.00. The number of amides is 1. The predicted octanol–water partition coefficient (Wildman–Crippen LogP) is 2.71. The first kappa shape index (κ1) is 15.5. The molecule has 1 fully saturated rings. The molecule has 0 aliphatic heterocycles. The molecule has 18 heavy (non-hydrogen) atoms. The third kappa shape index (κ3) is 7.00. The zero-order valence-electron chi connectivity index (χ0n) is 12.1. The van der Waals surface area contributed by atoms with Crippen molar-refractivity contribution in [2.75, 3.05) is 19.6 Å². The van der Waals surface area contributed by atoms with Crippen LogP contribution in [0.25, 0.3) is 0 Å². The van der Waals surface area contributed by atoms with Crippen LogP contribution in [0.5, 0.6) is 0 Å². The molecule has 3 nitrogen and oxygen atoms in total. The van der Waals surface area contributed by atoms with E-state index in [1.54, 1.807) is 0 Å². The lowest BCUT2D eigenvalue weighted by Crippen LogP contribution is -2.35. The maximum atomic E-state index is 11.4. The van der Waals surface area contributed by atoms with Crippen molar-refractivity contribution in [2.24, 2.45) is 11.8 Å². The van der Waals surface area contributed by atoms with E-state index in [1.807, 2.05) is 0 Å². The molecule has 0 unspecified atom stereocenters. The van der Waals surface area contributed by atoms with Crippen molar-refractivity contribution in [3.05, 3.63) is 0 Å². The van der Waals surface area contributed by atoms with Crippen LogP contribution in [0.15, 0.2) is 0 Å². The first-order valence-electron chi connectivity index (χ1n) is 7.69. The fourth-order valence-electron chi connectivity index (χ4n) is 2.59. The second-order valence-corrected chi connectivity index (χ2v) is 5.79. The van der Waals surface area contributed by atoms with Gasteiger partial charge in [-0.3, -0.25) is 4.79 Å². The van der Waals surface area contributed by atoms with Crippen molar-refractivity contribution in [1.82, 2.24) is 10.6 Å². The second kappa shape index (κ2) is 9.37. The van der Waals surface area contributed by atoms with Crippen molar-refractivity contribution < 1.29 is 4.79 Å². The highest BCUT2D eigenvalue weighted by Crippen LogP contribution is 2.29. The summed E-state index contributed by atoms with van der Waals surface area (Å²) in [6, 6.07) is 0. The Hall–Kier alpha value is -0.570. The molecule has 1 saturated carbocycles. The Morgan fingerprint density at radius 1 is 1.17 bits per heavy atom. The fraction of sp³-hybridized carbons (Fsp3) is 0.933. The zero-order valence-corrected chi connectivity index (χ0v) is 12.1. The highest BCUT2D eigenvalue weighted by Gasteiger charge is 2.17. The van der Waals surface area contributed by atoms with Gasteiger partial charge < -0.3 is 10.6 Å².